The average Bonchev–Trinajstić information content (AvgIpc) is 3.62. The van der Waals surface area contributed by atoms with Gasteiger partial charge >= 0.3 is 39.8 Å². The molecular formula is C14H28MnN16O22+6. The Morgan fingerprint density at radius 2 is 0.755 bits per heavy atom. The summed E-state index contributed by atoms with van der Waals surface area (Å²) in [6.45, 7) is 0. The number of phenolic OH excluding ortho intramolecular Hbond substituents is 2. The van der Waals surface area contributed by atoms with Gasteiger partial charge in [-0.3, -0.25) is 60.7 Å². The number of phenols is 2. The van der Waals surface area contributed by atoms with Gasteiger partial charge in [-0.05, 0) is 20.9 Å². The van der Waals surface area contributed by atoms with Crippen LogP contribution in [0.1, 0.15) is 0 Å². The first-order chi connectivity index (χ1) is 21.3. The summed E-state index contributed by atoms with van der Waals surface area (Å²) in [4.78, 5) is 56.3. The molecule has 0 aliphatic heterocycles. The van der Waals surface area contributed by atoms with Crippen LogP contribution in [0.4, 0.5) is 34.1 Å². The van der Waals surface area contributed by atoms with E-state index >= 15 is 0 Å². The summed E-state index contributed by atoms with van der Waals surface area (Å²) < 4.78 is 0. The van der Waals surface area contributed by atoms with Crippen LogP contribution in [0.15, 0.2) is 24.8 Å². The summed E-state index contributed by atoms with van der Waals surface area (Å²) in [6.07, 6.45) is 2.61. The summed E-state index contributed by atoms with van der Waals surface area (Å²) >= 11 is 0. The van der Waals surface area contributed by atoms with Crippen molar-refractivity contribution in [3.8, 4) is 23.0 Å². The molecule has 4 aromatic rings. The standard InChI is InChI=1S/2C6H3N3O8.2CH3N5.Mn.6H2O/c2*10-5-2(7(12)13)1-3(8(14)15)6(11)4(5)9(16)17;2*2-6-1-3-4-5-6;;;;;;;/h2*1,10-11H;2*1H,2H2;;6*1H2/q;;;;+2;;;;;;/p+4. The normalized spacial score (nSPS) is 8.30. The van der Waals surface area contributed by atoms with Crippen molar-refractivity contribution in [1.82, 2.24) is 40.6 Å². The smallest absolute Gasteiger partial charge is 0.863 e. The van der Waals surface area contributed by atoms with E-state index in [-0.39, 0.29) is 62.1 Å². The molecular weight excluding hydrogens is 799 g/mol. The van der Waals surface area contributed by atoms with Gasteiger partial charge < -0.3 is 65.0 Å². The number of nitro groups is 6. The molecule has 4 rings (SSSR count). The van der Waals surface area contributed by atoms with Crippen molar-refractivity contribution >= 4 is 34.1 Å². The largest absolute Gasteiger partial charge is 2.00 e. The Labute approximate surface area is 295 Å². The van der Waals surface area contributed by atoms with Crippen LogP contribution in [-0.2, 0) is 49.9 Å². The van der Waals surface area contributed by atoms with Crippen LogP contribution >= 0.6 is 0 Å². The minimum absolute atomic E-state index is 0. The van der Waals surface area contributed by atoms with Gasteiger partial charge in [0.15, 0.2) is 12.7 Å². The van der Waals surface area contributed by atoms with Crippen molar-refractivity contribution in [1.29, 1.82) is 0 Å². The monoisotopic (exact) mass is 827 g/mol. The molecule has 2 heterocycles. The van der Waals surface area contributed by atoms with Crippen molar-refractivity contribution in [3.63, 3.8) is 0 Å². The van der Waals surface area contributed by atoms with Crippen molar-refractivity contribution in [2.75, 3.05) is 11.7 Å². The van der Waals surface area contributed by atoms with Crippen LogP contribution in [0.5, 0.6) is 23.0 Å². The number of nitrogen functional groups attached to an aromatic ring is 2. The molecule has 0 saturated carbocycles. The van der Waals surface area contributed by atoms with Crippen molar-refractivity contribution in [3.05, 3.63) is 85.5 Å². The fraction of sp³-hybridized carbons (Fsp3) is 0. The topological polar surface area (TPSA) is 683 Å². The maximum Gasteiger partial charge on any atom is 2.00 e. The van der Waals surface area contributed by atoms with Gasteiger partial charge in [-0.15, -0.1) is 19.8 Å². The molecule has 39 heteroatoms. The molecule has 297 valence electrons. The Kier molecular flexibility index (Phi) is 29.6. The molecule has 53 heavy (non-hydrogen) atoms. The number of benzene rings is 2. The quantitative estimate of drug-likeness (QED) is 0.0461. The van der Waals surface area contributed by atoms with Crippen molar-refractivity contribution in [2.24, 2.45) is 0 Å². The number of rotatable bonds is 6. The predicted octanol–water partition coefficient (Wildman–Crippen LogP) is -8.38. The number of tetrazole rings is 2. The molecule has 38 nitrogen and oxygen atoms in total. The Bertz CT molecular complexity index is 1590. The average molecular weight is 827 g/mol. The molecule has 0 atom stereocenters. The van der Waals surface area contributed by atoms with Crippen LogP contribution in [0.25, 0.3) is 0 Å². The fourth-order valence-corrected chi connectivity index (χ4v) is 2.45. The summed E-state index contributed by atoms with van der Waals surface area (Å²) in [5.41, 5.74) is -8.43. The number of nitro benzene ring substituents is 6. The van der Waals surface area contributed by atoms with E-state index in [4.69, 9.17) is 21.9 Å². The zero-order valence-corrected chi connectivity index (χ0v) is 26.4. The second kappa shape index (κ2) is 26.0. The minimum Gasteiger partial charge on any atom is -0.863 e. The predicted molar refractivity (Wildman–Crippen MR) is 160 cm³/mol. The zero-order chi connectivity index (χ0) is 35.5. The van der Waals surface area contributed by atoms with E-state index in [0.717, 1.165) is 9.58 Å². The SMILES string of the molecule is Nn1cnnn1.Nn1cnnn1.O=[N+]([O-])c1cc([N+](=O)[O-])c(O)c([N+](=O)[O-])c1[O-].O=[N+]([O-])c1cc([N+](=O)[O-])c(O)c([N+](=O)[O-])c1[O-].[Mn+2].[OH3+].[OH3+].[OH3+].[OH3+].[OH3+].[OH3+]. The molecule has 0 bridgehead atoms. The molecule has 0 spiro atoms. The van der Waals surface area contributed by atoms with E-state index in [1.54, 1.807) is 0 Å². The van der Waals surface area contributed by atoms with Gasteiger partial charge in [0, 0.05) is 0 Å². The van der Waals surface area contributed by atoms with Gasteiger partial charge in [-0.25, -0.2) is 0 Å². The molecule has 0 amide bonds. The summed E-state index contributed by atoms with van der Waals surface area (Å²) in [5.74, 6) is 3.53. The number of nitrogens with zero attached hydrogens (tertiary/aromatic N) is 14. The third-order valence-corrected chi connectivity index (χ3v) is 4.26. The van der Waals surface area contributed by atoms with Gasteiger partial charge in [-0.1, -0.05) is 0 Å². The van der Waals surface area contributed by atoms with Gasteiger partial charge in [0.05, 0.1) is 53.2 Å². The molecule has 2 aromatic carbocycles. The molecule has 24 N–H and O–H groups in total. The third kappa shape index (κ3) is 15.9. The molecule has 0 fully saturated rings. The summed E-state index contributed by atoms with van der Waals surface area (Å²) in [7, 11) is 0. The maximum atomic E-state index is 11.2. The first-order valence-corrected chi connectivity index (χ1v) is 10.3. The number of hydrogen-bond donors (Lipinski definition) is 4. The number of nitrogens with two attached hydrogens (primary N) is 2. The van der Waals surface area contributed by atoms with E-state index in [1.165, 1.54) is 12.7 Å². The van der Waals surface area contributed by atoms with E-state index in [9.17, 15) is 70.9 Å². The van der Waals surface area contributed by atoms with Crippen LogP contribution in [0.3, 0.4) is 0 Å². The molecule has 0 aliphatic rings. The van der Waals surface area contributed by atoms with Crippen molar-refractivity contribution < 1.29 is 99.9 Å². The first-order valence-electron chi connectivity index (χ1n) is 10.3. The van der Waals surface area contributed by atoms with Crippen molar-refractivity contribution in [2.45, 2.75) is 0 Å². The number of hydrogen-bond acceptors (Lipinski definition) is 24. The molecule has 0 unspecified atom stereocenters. The molecule has 1 radical (unpaired) electrons. The zero-order valence-electron chi connectivity index (χ0n) is 25.2. The summed E-state index contributed by atoms with van der Waals surface area (Å²) in [5, 5.41) is 122. The molecule has 2 aromatic heterocycles. The Hall–Kier alpha value is -7.94. The van der Waals surface area contributed by atoms with Gasteiger partial charge in [-0.2, -0.15) is 0 Å². The van der Waals surface area contributed by atoms with Crippen LogP contribution in [0.2, 0.25) is 0 Å². The third-order valence-electron chi connectivity index (χ3n) is 4.26. The molecule has 0 aliphatic carbocycles. The van der Waals surface area contributed by atoms with Gasteiger partial charge in [0.2, 0.25) is 0 Å². The molecule has 0 saturated heterocycles. The van der Waals surface area contributed by atoms with Gasteiger partial charge in [0.25, 0.3) is 22.9 Å². The summed E-state index contributed by atoms with van der Waals surface area (Å²) in [6, 6.07) is 0.343. The van der Waals surface area contributed by atoms with E-state index in [2.05, 4.69) is 31.1 Å². The van der Waals surface area contributed by atoms with E-state index < -0.39 is 86.7 Å². The van der Waals surface area contributed by atoms with E-state index in [1.807, 2.05) is 0 Å². The Morgan fingerprint density at radius 3 is 0.887 bits per heavy atom. The Morgan fingerprint density at radius 1 is 0.509 bits per heavy atom. The second-order valence-electron chi connectivity index (χ2n) is 7.00. The van der Waals surface area contributed by atoms with Crippen LogP contribution in [-0.4, -0.2) is 80.4 Å². The van der Waals surface area contributed by atoms with Gasteiger partial charge in [0.1, 0.15) is 0 Å². The minimum atomic E-state index is -1.69. The first kappa shape index (κ1) is 60.4. The maximum absolute atomic E-state index is 11.2. The fourth-order valence-electron chi connectivity index (χ4n) is 2.45. The number of aromatic hydroxyl groups is 2. The number of aromatic nitrogens is 8. The van der Waals surface area contributed by atoms with Crippen LogP contribution in [0, 0.1) is 60.7 Å². The second-order valence-corrected chi connectivity index (χ2v) is 7.00. The van der Waals surface area contributed by atoms with Crippen LogP contribution < -0.4 is 21.9 Å². The Balaban J connectivity index is -0.000000110. The van der Waals surface area contributed by atoms with E-state index in [0.29, 0.717) is 0 Å².